The minimum absolute atomic E-state index is 0.305. The summed E-state index contributed by atoms with van der Waals surface area (Å²) in [5.41, 5.74) is 2.68. The van der Waals surface area contributed by atoms with E-state index < -0.39 is 12.7 Å². The summed E-state index contributed by atoms with van der Waals surface area (Å²) in [6.45, 7) is 1.14. The molecule has 1 aliphatic heterocycles. The van der Waals surface area contributed by atoms with Gasteiger partial charge in [0.15, 0.2) is 0 Å². The number of piperidine rings is 1. The average molecular weight is 473 g/mol. The van der Waals surface area contributed by atoms with E-state index >= 15 is 0 Å². The summed E-state index contributed by atoms with van der Waals surface area (Å²) in [7, 11) is 0. The van der Waals surface area contributed by atoms with Crippen molar-refractivity contribution in [2.45, 2.75) is 36.5 Å². The van der Waals surface area contributed by atoms with Gasteiger partial charge >= 0.3 is 6.18 Å². The maximum absolute atomic E-state index is 13.4. The van der Waals surface area contributed by atoms with Crippen LogP contribution < -0.4 is 16.0 Å². The summed E-state index contributed by atoms with van der Waals surface area (Å²) in [6.07, 6.45) is -0.356. The van der Waals surface area contributed by atoms with Crippen molar-refractivity contribution in [1.82, 2.24) is 9.88 Å². The topological polar surface area (TPSA) is 41.0 Å². The van der Waals surface area contributed by atoms with E-state index in [2.05, 4.69) is 27.8 Å². The Labute approximate surface area is 196 Å². The fraction of sp³-hybridized carbons (Fsp3) is 0.360. The second-order valence-corrected chi connectivity index (χ2v) is 8.90. The summed E-state index contributed by atoms with van der Waals surface area (Å²) in [5.74, 6) is 5.94. The third-order valence-corrected chi connectivity index (χ3v) is 6.41. The summed E-state index contributed by atoms with van der Waals surface area (Å²) in [6, 6.07) is 15.5. The van der Waals surface area contributed by atoms with Gasteiger partial charge < -0.3 is 20.5 Å². The largest absolute Gasteiger partial charge is 0.406 e. The van der Waals surface area contributed by atoms with Gasteiger partial charge in [-0.15, -0.1) is 11.8 Å². The Morgan fingerprint density at radius 1 is 1.12 bits per heavy atom. The smallest absolute Gasteiger partial charge is 0.382 e. The fourth-order valence-corrected chi connectivity index (χ4v) is 4.45. The molecule has 0 bridgehead atoms. The molecule has 0 atom stereocenters. The fourth-order valence-electron chi connectivity index (χ4n) is 4.04. The zero-order valence-electron chi connectivity index (χ0n) is 18.4. The van der Waals surface area contributed by atoms with Crippen LogP contribution in [-0.4, -0.2) is 42.7 Å². The number of benzene rings is 2. The number of fused-ring (bicyclic) bond motifs is 1. The van der Waals surface area contributed by atoms with Crippen LogP contribution in [0.2, 0.25) is 0 Å². The van der Waals surface area contributed by atoms with E-state index in [0.29, 0.717) is 23.8 Å². The lowest BCUT2D eigenvalue weighted by molar-refractivity contribution is -0.140. The molecule has 3 aromatic rings. The van der Waals surface area contributed by atoms with Gasteiger partial charge in [0.05, 0.1) is 17.8 Å². The minimum atomic E-state index is -4.34. The van der Waals surface area contributed by atoms with E-state index in [4.69, 9.17) is 0 Å². The molecule has 3 N–H and O–H groups in total. The molecule has 1 fully saturated rings. The maximum Gasteiger partial charge on any atom is 0.406 e. The van der Waals surface area contributed by atoms with Crippen molar-refractivity contribution in [1.29, 1.82) is 0 Å². The number of alkyl halides is 3. The van der Waals surface area contributed by atoms with Gasteiger partial charge in [-0.2, -0.15) is 13.2 Å². The van der Waals surface area contributed by atoms with Crippen LogP contribution in [0.3, 0.4) is 0 Å². The molecule has 2 heterocycles. The van der Waals surface area contributed by atoms with Crippen LogP contribution in [0.15, 0.2) is 53.4 Å². The van der Waals surface area contributed by atoms with Crippen molar-refractivity contribution in [2.75, 3.05) is 36.5 Å². The Morgan fingerprint density at radius 2 is 1.88 bits per heavy atom. The van der Waals surface area contributed by atoms with Crippen LogP contribution >= 0.6 is 11.8 Å². The van der Waals surface area contributed by atoms with Crippen molar-refractivity contribution < 1.29 is 13.2 Å². The molecule has 0 aliphatic carbocycles. The highest BCUT2D eigenvalue weighted by Crippen LogP contribution is 2.31. The highest BCUT2D eigenvalue weighted by Gasteiger charge is 2.30. The lowest BCUT2D eigenvalue weighted by Gasteiger charge is -2.25. The van der Waals surface area contributed by atoms with Gasteiger partial charge in [0.2, 0.25) is 0 Å². The second kappa shape index (κ2) is 10.4. The summed E-state index contributed by atoms with van der Waals surface area (Å²) in [5, 5.41) is 10.8. The number of rotatable bonds is 6. The molecule has 0 amide bonds. The first-order chi connectivity index (χ1) is 15.9. The molecule has 1 aromatic heterocycles. The Hall–Kier alpha value is -2.76. The lowest BCUT2D eigenvalue weighted by atomic mass is 10.1. The molecule has 4 rings (SSSR count). The van der Waals surface area contributed by atoms with Crippen LogP contribution in [0.25, 0.3) is 10.9 Å². The van der Waals surface area contributed by atoms with Crippen LogP contribution in [0, 0.1) is 11.8 Å². The molecular weight excluding hydrogens is 445 g/mol. The van der Waals surface area contributed by atoms with Crippen LogP contribution in [0.5, 0.6) is 0 Å². The molecule has 1 saturated heterocycles. The second-order valence-electron chi connectivity index (χ2n) is 8.02. The van der Waals surface area contributed by atoms with Crippen LogP contribution in [0.1, 0.15) is 18.5 Å². The summed E-state index contributed by atoms with van der Waals surface area (Å²) >= 11 is 1.66. The Morgan fingerprint density at radius 3 is 2.58 bits per heavy atom. The zero-order valence-corrected chi connectivity index (χ0v) is 19.2. The number of nitrogens with zero attached hydrogens (tertiary/aromatic N) is 1. The van der Waals surface area contributed by atoms with Gasteiger partial charge in [0.1, 0.15) is 6.54 Å². The van der Waals surface area contributed by atoms with Crippen molar-refractivity contribution in [3.63, 3.8) is 0 Å². The molecule has 0 spiro atoms. The molecule has 33 heavy (non-hydrogen) atoms. The molecule has 8 heteroatoms. The lowest BCUT2D eigenvalue weighted by Crippen LogP contribution is -2.35. The standard InChI is InChI=1S/C25H27F3N4S/c1-33-21-9-7-18(8-10-21)30-13-3-4-20-16-22-23(31-19-11-14-29-15-12-19)5-2-6-24(22)32(20)17-25(26,27)28/h2,5-10,16,19,29-31H,11-15,17H2,1H3. The third kappa shape index (κ3) is 6.18. The molecule has 0 unspecified atom stereocenters. The van der Waals surface area contributed by atoms with Crippen molar-refractivity contribution in [2.24, 2.45) is 0 Å². The number of hydrogen-bond donors (Lipinski definition) is 3. The normalized spacial score (nSPS) is 14.7. The Bertz CT molecular complexity index is 1140. The first-order valence-corrected chi connectivity index (χ1v) is 12.2. The molecule has 1 aliphatic rings. The quantitative estimate of drug-likeness (QED) is 0.325. The molecule has 174 valence electrons. The molecule has 0 radical (unpaired) electrons. The number of hydrogen-bond acceptors (Lipinski definition) is 4. The monoisotopic (exact) mass is 472 g/mol. The molecular formula is C25H27F3N4S. The van der Waals surface area contributed by atoms with E-state index in [1.807, 2.05) is 36.6 Å². The average Bonchev–Trinajstić information content (AvgIpc) is 3.14. The number of aromatic nitrogens is 1. The van der Waals surface area contributed by atoms with Crippen molar-refractivity contribution >= 4 is 34.0 Å². The number of anilines is 2. The van der Waals surface area contributed by atoms with Crippen molar-refractivity contribution in [3.8, 4) is 11.8 Å². The van der Waals surface area contributed by atoms with Gasteiger partial charge in [0.25, 0.3) is 0 Å². The van der Waals surface area contributed by atoms with Gasteiger partial charge in [-0.3, -0.25) is 0 Å². The van der Waals surface area contributed by atoms with Gasteiger partial charge in [-0.05, 0) is 80.6 Å². The predicted octanol–water partition coefficient (Wildman–Crippen LogP) is 5.55. The highest BCUT2D eigenvalue weighted by atomic mass is 32.2. The molecule has 2 aromatic carbocycles. The molecule has 4 nitrogen and oxygen atoms in total. The minimum Gasteiger partial charge on any atom is -0.382 e. The predicted molar refractivity (Wildman–Crippen MR) is 131 cm³/mol. The van der Waals surface area contributed by atoms with Crippen LogP contribution in [-0.2, 0) is 6.54 Å². The first-order valence-electron chi connectivity index (χ1n) is 11.0. The number of nitrogens with one attached hydrogen (secondary N) is 3. The number of halogens is 3. The van der Waals surface area contributed by atoms with E-state index in [1.165, 1.54) is 4.57 Å². The van der Waals surface area contributed by atoms with Crippen molar-refractivity contribution in [3.05, 3.63) is 54.2 Å². The van der Waals surface area contributed by atoms with Crippen LogP contribution in [0.4, 0.5) is 24.5 Å². The van der Waals surface area contributed by atoms with Gasteiger partial charge in [0, 0.05) is 27.7 Å². The van der Waals surface area contributed by atoms with E-state index in [9.17, 15) is 13.2 Å². The highest BCUT2D eigenvalue weighted by molar-refractivity contribution is 7.98. The number of thioether (sulfide) groups is 1. The zero-order chi connectivity index (χ0) is 23.3. The van der Waals surface area contributed by atoms with Gasteiger partial charge in [-0.1, -0.05) is 12.0 Å². The third-order valence-electron chi connectivity index (χ3n) is 5.67. The summed E-state index contributed by atoms with van der Waals surface area (Å²) < 4.78 is 41.4. The SMILES string of the molecule is CSc1ccc(NCC#Cc2cc3c(NC4CCNCC4)cccc3n2CC(F)(F)F)cc1. The molecule has 0 saturated carbocycles. The van der Waals surface area contributed by atoms with Gasteiger partial charge in [-0.25, -0.2) is 0 Å². The Balaban J connectivity index is 1.58. The first kappa shape index (κ1) is 23.4. The van der Waals surface area contributed by atoms with E-state index in [0.717, 1.165) is 47.6 Å². The van der Waals surface area contributed by atoms with E-state index in [-0.39, 0.29) is 0 Å². The summed E-state index contributed by atoms with van der Waals surface area (Å²) in [4.78, 5) is 1.16. The Kier molecular flexibility index (Phi) is 7.41. The maximum atomic E-state index is 13.4. The van der Waals surface area contributed by atoms with E-state index in [1.54, 1.807) is 30.0 Å².